The Morgan fingerprint density at radius 3 is 2.43 bits per heavy atom. The number of nitrogens with one attached hydrogen (secondary N) is 1. The van der Waals surface area contributed by atoms with Gasteiger partial charge in [0, 0.05) is 23.9 Å². The molecule has 1 saturated heterocycles. The van der Waals surface area contributed by atoms with E-state index in [-0.39, 0.29) is 30.0 Å². The number of benzene rings is 2. The standard InChI is InChI=1S/C19H15F5N2O4/c20-18(21)29-13-6-4-11(5-7-13)16(27)25-15-8-9-26(17(15)28)12-2-1-3-14(10-12)30-19(22,23)24/h1-7,10,15,18H,8-9H2,(H,25,27). The van der Waals surface area contributed by atoms with Crippen molar-refractivity contribution >= 4 is 17.5 Å². The lowest BCUT2D eigenvalue weighted by Gasteiger charge is -2.18. The molecule has 2 amide bonds. The molecule has 0 spiro atoms. The smallest absolute Gasteiger partial charge is 0.435 e. The molecule has 1 unspecified atom stereocenters. The van der Waals surface area contributed by atoms with Gasteiger partial charge in [-0.15, -0.1) is 13.2 Å². The first-order valence-electron chi connectivity index (χ1n) is 8.65. The molecule has 1 aliphatic heterocycles. The predicted octanol–water partition coefficient (Wildman–Crippen LogP) is 3.72. The molecule has 6 nitrogen and oxygen atoms in total. The second kappa shape index (κ2) is 8.56. The summed E-state index contributed by atoms with van der Waals surface area (Å²) in [5, 5.41) is 2.53. The van der Waals surface area contributed by atoms with Crippen LogP contribution in [0.3, 0.4) is 0 Å². The minimum atomic E-state index is -4.86. The fourth-order valence-electron chi connectivity index (χ4n) is 2.95. The Bertz CT molecular complexity index is 918. The van der Waals surface area contributed by atoms with E-state index in [0.29, 0.717) is 0 Å². The first-order valence-corrected chi connectivity index (χ1v) is 8.65. The van der Waals surface area contributed by atoms with Gasteiger partial charge in [-0.05, 0) is 42.8 Å². The van der Waals surface area contributed by atoms with E-state index in [9.17, 15) is 31.5 Å². The fourth-order valence-corrected chi connectivity index (χ4v) is 2.95. The average Bonchev–Trinajstić information content (AvgIpc) is 3.01. The summed E-state index contributed by atoms with van der Waals surface area (Å²) in [7, 11) is 0. The van der Waals surface area contributed by atoms with Crippen molar-refractivity contribution in [3.63, 3.8) is 0 Å². The van der Waals surface area contributed by atoms with Crippen LogP contribution in [0.25, 0.3) is 0 Å². The van der Waals surface area contributed by atoms with Gasteiger partial charge in [-0.3, -0.25) is 9.59 Å². The number of anilines is 1. The van der Waals surface area contributed by atoms with Crippen LogP contribution in [0.15, 0.2) is 48.5 Å². The largest absolute Gasteiger partial charge is 0.573 e. The van der Waals surface area contributed by atoms with Gasteiger partial charge in [0.25, 0.3) is 5.91 Å². The summed E-state index contributed by atoms with van der Waals surface area (Å²) in [6.45, 7) is -2.81. The summed E-state index contributed by atoms with van der Waals surface area (Å²) in [5.41, 5.74) is 0.329. The number of rotatable bonds is 6. The van der Waals surface area contributed by atoms with E-state index >= 15 is 0 Å². The van der Waals surface area contributed by atoms with Crippen molar-refractivity contribution in [3.8, 4) is 11.5 Å². The van der Waals surface area contributed by atoms with E-state index in [1.165, 1.54) is 41.3 Å². The zero-order chi connectivity index (χ0) is 21.9. The molecule has 2 aromatic carbocycles. The quantitative estimate of drug-likeness (QED) is 0.710. The van der Waals surface area contributed by atoms with Gasteiger partial charge in [-0.2, -0.15) is 8.78 Å². The molecule has 0 saturated carbocycles. The third-order valence-corrected chi connectivity index (χ3v) is 4.22. The topological polar surface area (TPSA) is 67.9 Å². The Morgan fingerprint density at radius 2 is 1.80 bits per heavy atom. The summed E-state index contributed by atoms with van der Waals surface area (Å²) in [6, 6.07) is 8.99. The van der Waals surface area contributed by atoms with Crippen molar-refractivity contribution in [2.24, 2.45) is 0 Å². The molecule has 0 radical (unpaired) electrons. The SMILES string of the molecule is O=C(NC1CCN(c2cccc(OC(F)(F)F)c2)C1=O)c1ccc(OC(F)F)cc1. The van der Waals surface area contributed by atoms with Crippen LogP contribution in [-0.4, -0.2) is 37.4 Å². The second-order valence-corrected chi connectivity index (χ2v) is 6.25. The van der Waals surface area contributed by atoms with Crippen molar-refractivity contribution < 1.29 is 41.0 Å². The van der Waals surface area contributed by atoms with Crippen LogP contribution in [0.4, 0.5) is 27.6 Å². The van der Waals surface area contributed by atoms with E-state index in [0.717, 1.165) is 12.1 Å². The lowest BCUT2D eigenvalue weighted by molar-refractivity contribution is -0.274. The molecule has 3 rings (SSSR count). The van der Waals surface area contributed by atoms with Crippen molar-refractivity contribution in [1.29, 1.82) is 0 Å². The predicted molar refractivity (Wildman–Crippen MR) is 94.4 cm³/mol. The molecule has 0 bridgehead atoms. The minimum absolute atomic E-state index is 0.120. The van der Waals surface area contributed by atoms with Gasteiger partial charge >= 0.3 is 13.0 Å². The molecule has 1 N–H and O–H groups in total. The highest BCUT2D eigenvalue weighted by Gasteiger charge is 2.35. The number of halogens is 5. The zero-order valence-electron chi connectivity index (χ0n) is 15.2. The van der Waals surface area contributed by atoms with Gasteiger partial charge < -0.3 is 19.7 Å². The average molecular weight is 430 g/mol. The van der Waals surface area contributed by atoms with Gasteiger partial charge in [0.15, 0.2) is 0 Å². The van der Waals surface area contributed by atoms with E-state index in [4.69, 9.17) is 0 Å². The normalized spacial score (nSPS) is 16.7. The van der Waals surface area contributed by atoms with E-state index in [1.54, 1.807) is 0 Å². The first-order chi connectivity index (χ1) is 14.1. The van der Waals surface area contributed by atoms with Gasteiger partial charge in [-0.1, -0.05) is 6.07 Å². The molecule has 1 atom stereocenters. The number of carbonyl (C=O) groups excluding carboxylic acids is 2. The number of carbonyl (C=O) groups is 2. The molecule has 2 aromatic rings. The van der Waals surface area contributed by atoms with Gasteiger partial charge in [0.1, 0.15) is 17.5 Å². The molecular weight excluding hydrogens is 415 g/mol. The lowest BCUT2D eigenvalue weighted by Crippen LogP contribution is -2.41. The maximum Gasteiger partial charge on any atom is 0.573 e. The third-order valence-electron chi connectivity index (χ3n) is 4.22. The van der Waals surface area contributed by atoms with Crippen LogP contribution in [0.2, 0.25) is 0 Å². The molecule has 160 valence electrons. The number of amides is 2. The van der Waals surface area contributed by atoms with Crippen LogP contribution in [0, 0.1) is 0 Å². The third kappa shape index (κ3) is 5.37. The van der Waals surface area contributed by atoms with Crippen molar-refractivity contribution in [1.82, 2.24) is 5.32 Å². The van der Waals surface area contributed by atoms with E-state index in [2.05, 4.69) is 14.8 Å². The van der Waals surface area contributed by atoms with Gasteiger partial charge in [0.2, 0.25) is 5.91 Å². The summed E-state index contributed by atoms with van der Waals surface area (Å²) < 4.78 is 69.5. The van der Waals surface area contributed by atoms with Crippen LogP contribution < -0.4 is 19.7 Å². The van der Waals surface area contributed by atoms with E-state index < -0.39 is 36.6 Å². The fraction of sp³-hybridized carbons (Fsp3) is 0.263. The van der Waals surface area contributed by atoms with Crippen LogP contribution in [-0.2, 0) is 4.79 Å². The van der Waals surface area contributed by atoms with Crippen molar-refractivity contribution in [3.05, 3.63) is 54.1 Å². The zero-order valence-corrected chi connectivity index (χ0v) is 15.2. The van der Waals surface area contributed by atoms with Crippen molar-refractivity contribution in [2.75, 3.05) is 11.4 Å². The maximum atomic E-state index is 12.6. The number of nitrogens with zero attached hydrogens (tertiary/aromatic N) is 1. The Labute approximate surface area is 167 Å². The monoisotopic (exact) mass is 430 g/mol. The molecule has 1 aliphatic rings. The second-order valence-electron chi connectivity index (χ2n) is 6.25. The number of hydrogen-bond acceptors (Lipinski definition) is 4. The van der Waals surface area contributed by atoms with Crippen molar-refractivity contribution in [2.45, 2.75) is 25.4 Å². The molecule has 0 aromatic heterocycles. The minimum Gasteiger partial charge on any atom is -0.435 e. The van der Waals surface area contributed by atoms with Crippen LogP contribution in [0.1, 0.15) is 16.8 Å². The summed E-state index contributed by atoms with van der Waals surface area (Å²) in [4.78, 5) is 26.2. The van der Waals surface area contributed by atoms with Crippen LogP contribution in [0.5, 0.6) is 11.5 Å². The maximum absolute atomic E-state index is 12.6. The highest BCUT2D eigenvalue weighted by Crippen LogP contribution is 2.29. The molecule has 1 fully saturated rings. The summed E-state index contributed by atoms with van der Waals surface area (Å²) in [5.74, 6) is -1.69. The van der Waals surface area contributed by atoms with E-state index in [1.807, 2.05) is 0 Å². The number of hydrogen-bond donors (Lipinski definition) is 1. The summed E-state index contributed by atoms with van der Waals surface area (Å²) in [6.07, 6.45) is -4.62. The Morgan fingerprint density at radius 1 is 1.10 bits per heavy atom. The number of ether oxygens (including phenoxy) is 2. The highest BCUT2D eigenvalue weighted by atomic mass is 19.4. The summed E-state index contributed by atoms with van der Waals surface area (Å²) >= 11 is 0. The Kier molecular flexibility index (Phi) is 6.09. The Balaban J connectivity index is 1.64. The number of alkyl halides is 5. The molecular formula is C19H15F5N2O4. The molecule has 11 heteroatoms. The molecule has 30 heavy (non-hydrogen) atoms. The van der Waals surface area contributed by atoms with Crippen LogP contribution >= 0.6 is 0 Å². The van der Waals surface area contributed by atoms with Gasteiger partial charge in [-0.25, -0.2) is 0 Å². The van der Waals surface area contributed by atoms with Gasteiger partial charge in [0.05, 0.1) is 0 Å². The molecule has 0 aliphatic carbocycles. The lowest BCUT2D eigenvalue weighted by atomic mass is 10.1. The first kappa shape index (κ1) is 21.3. The highest BCUT2D eigenvalue weighted by molar-refractivity contribution is 6.04. The Hall–Kier alpha value is -3.37. The molecule has 1 heterocycles.